The number of fused-ring (bicyclic) bond motifs is 1. The summed E-state index contributed by atoms with van der Waals surface area (Å²) in [7, 11) is 0. The van der Waals surface area contributed by atoms with Crippen molar-refractivity contribution in [3.63, 3.8) is 0 Å². The van der Waals surface area contributed by atoms with Crippen LogP contribution < -0.4 is 4.74 Å². The number of halogens is 6. The Morgan fingerprint density at radius 3 is 2.32 bits per heavy atom. The summed E-state index contributed by atoms with van der Waals surface area (Å²) in [6.45, 7) is 4.55. The Morgan fingerprint density at radius 2 is 1.79 bits per heavy atom. The van der Waals surface area contributed by atoms with Gasteiger partial charge in [0, 0.05) is 43.4 Å². The summed E-state index contributed by atoms with van der Waals surface area (Å²) in [5.74, 6) is -4.68. The predicted molar refractivity (Wildman–Crippen MR) is 117 cm³/mol. The summed E-state index contributed by atoms with van der Waals surface area (Å²) in [5.41, 5.74) is 1.30. The molecule has 2 fully saturated rings. The largest absolute Gasteiger partial charge is 0.491 e. The van der Waals surface area contributed by atoms with Gasteiger partial charge in [0.15, 0.2) is 0 Å². The predicted octanol–water partition coefficient (Wildman–Crippen LogP) is 4.39. The summed E-state index contributed by atoms with van der Waals surface area (Å²) < 4.78 is 80.9. The van der Waals surface area contributed by atoms with E-state index in [-0.39, 0.29) is 5.41 Å². The van der Waals surface area contributed by atoms with Gasteiger partial charge in [-0.3, -0.25) is 9.88 Å². The molecule has 0 saturated carbocycles. The molecule has 15 heteroatoms. The molecular weight excluding hydrogens is 530 g/mol. The second-order valence-corrected chi connectivity index (χ2v) is 8.54. The van der Waals surface area contributed by atoms with Crippen molar-refractivity contribution < 1.29 is 60.0 Å². The van der Waals surface area contributed by atoms with Gasteiger partial charge >= 0.3 is 24.3 Å². The molecule has 2 aromatic heterocycles. The first-order valence-corrected chi connectivity index (χ1v) is 11.2. The molecule has 4 heterocycles. The smallest absolute Gasteiger partial charge is 0.490 e. The number of nitrogens with zero attached hydrogens (tertiary/aromatic N) is 2. The zero-order valence-electron chi connectivity index (χ0n) is 19.9. The van der Waals surface area contributed by atoms with Gasteiger partial charge in [0.25, 0.3) is 0 Å². The van der Waals surface area contributed by atoms with Crippen molar-refractivity contribution in [3.05, 3.63) is 48.7 Å². The SMILES string of the molecule is O=C(O)C(F)(F)F.O=C(O)C(F)(F)F.c1cncc(OCC23CCCOC2CCN(Cc2ccoc2)C3)c1. The Balaban J connectivity index is 0.000000301. The Kier molecular flexibility index (Phi) is 10.9. The van der Waals surface area contributed by atoms with E-state index < -0.39 is 24.3 Å². The molecule has 2 N–H and O–H groups in total. The highest BCUT2D eigenvalue weighted by Crippen LogP contribution is 2.41. The number of carboxylic acid groups (broad SMARTS) is 2. The van der Waals surface area contributed by atoms with E-state index in [4.69, 9.17) is 33.7 Å². The van der Waals surface area contributed by atoms with E-state index in [9.17, 15) is 26.3 Å². The molecule has 38 heavy (non-hydrogen) atoms. The van der Waals surface area contributed by atoms with Gasteiger partial charge in [0.1, 0.15) is 5.75 Å². The monoisotopic (exact) mass is 556 g/mol. The summed E-state index contributed by atoms with van der Waals surface area (Å²) in [6, 6.07) is 5.92. The standard InChI is InChI=1S/C19H24N2O3.2C2HF3O2/c1-3-17(11-20-7-1)24-15-19-6-2-9-23-18(19)4-8-21(14-19)12-16-5-10-22-13-16;2*3-2(4,5)1(6)7/h1,3,5,7,10-11,13,18H,2,4,6,8-9,12,14-15H2;2*(H,6,7). The molecule has 0 radical (unpaired) electrons. The van der Waals surface area contributed by atoms with Crippen molar-refractivity contribution in [1.82, 2.24) is 9.88 Å². The number of rotatable bonds is 5. The van der Waals surface area contributed by atoms with Crippen LogP contribution in [0.5, 0.6) is 5.75 Å². The van der Waals surface area contributed by atoms with E-state index >= 15 is 0 Å². The molecule has 0 spiro atoms. The highest BCUT2D eigenvalue weighted by Gasteiger charge is 2.46. The highest BCUT2D eigenvalue weighted by atomic mass is 19.4. The van der Waals surface area contributed by atoms with Crippen LogP contribution in [0.1, 0.15) is 24.8 Å². The molecule has 2 atom stereocenters. The quantitative estimate of drug-likeness (QED) is 0.517. The maximum Gasteiger partial charge on any atom is 0.490 e. The zero-order valence-corrected chi connectivity index (χ0v) is 19.9. The number of alkyl halides is 6. The number of hydrogen-bond donors (Lipinski definition) is 2. The van der Waals surface area contributed by atoms with Crippen LogP contribution in [0.3, 0.4) is 0 Å². The summed E-state index contributed by atoms with van der Waals surface area (Å²) in [6.07, 6.45) is 0.575. The zero-order chi connectivity index (χ0) is 28.4. The third-order valence-electron chi connectivity index (χ3n) is 5.70. The minimum Gasteiger partial charge on any atom is -0.491 e. The van der Waals surface area contributed by atoms with Gasteiger partial charge < -0.3 is 24.1 Å². The van der Waals surface area contributed by atoms with E-state index in [1.54, 1.807) is 18.7 Å². The normalized spacial score (nSPS) is 21.6. The lowest BCUT2D eigenvalue weighted by Gasteiger charge is -2.50. The maximum atomic E-state index is 10.6. The van der Waals surface area contributed by atoms with Gasteiger partial charge in [-0.05, 0) is 37.5 Å². The number of pyridine rings is 1. The van der Waals surface area contributed by atoms with Crippen molar-refractivity contribution in [2.75, 3.05) is 26.3 Å². The third kappa shape index (κ3) is 9.85. The van der Waals surface area contributed by atoms with Crippen LogP contribution in [-0.4, -0.2) is 76.8 Å². The molecule has 0 aromatic carbocycles. The number of likely N-dealkylation sites (tertiary alicyclic amines) is 1. The molecule has 212 valence electrons. The van der Waals surface area contributed by atoms with Crippen LogP contribution in [0, 0.1) is 5.41 Å². The fraction of sp³-hybridized carbons (Fsp3) is 0.522. The van der Waals surface area contributed by atoms with Gasteiger partial charge in [0.2, 0.25) is 0 Å². The molecule has 2 unspecified atom stereocenters. The van der Waals surface area contributed by atoms with Crippen LogP contribution >= 0.6 is 0 Å². The van der Waals surface area contributed by atoms with Crippen LogP contribution in [0.25, 0.3) is 0 Å². The molecule has 0 bridgehead atoms. The first-order chi connectivity index (χ1) is 17.7. The Morgan fingerprint density at radius 1 is 1.13 bits per heavy atom. The van der Waals surface area contributed by atoms with Crippen LogP contribution in [-0.2, 0) is 20.9 Å². The lowest BCUT2D eigenvalue weighted by molar-refractivity contribution is -0.193. The van der Waals surface area contributed by atoms with E-state index in [0.29, 0.717) is 12.7 Å². The van der Waals surface area contributed by atoms with Crippen molar-refractivity contribution in [2.24, 2.45) is 5.41 Å². The average molecular weight is 556 g/mol. The topological polar surface area (TPSA) is 122 Å². The van der Waals surface area contributed by atoms with Gasteiger partial charge in [-0.15, -0.1) is 0 Å². The van der Waals surface area contributed by atoms with Gasteiger partial charge in [-0.2, -0.15) is 26.3 Å². The van der Waals surface area contributed by atoms with E-state index in [0.717, 1.165) is 51.3 Å². The van der Waals surface area contributed by atoms with Crippen molar-refractivity contribution in [3.8, 4) is 5.75 Å². The molecule has 4 rings (SSSR count). The van der Waals surface area contributed by atoms with E-state index in [1.807, 2.05) is 24.5 Å². The molecule has 0 amide bonds. The Labute approximate surface area is 213 Å². The summed E-state index contributed by atoms with van der Waals surface area (Å²) >= 11 is 0. The fourth-order valence-electron chi connectivity index (χ4n) is 4.03. The third-order valence-corrected chi connectivity index (χ3v) is 5.70. The van der Waals surface area contributed by atoms with Gasteiger partial charge in [-0.1, -0.05) is 0 Å². The van der Waals surface area contributed by atoms with Crippen LogP contribution in [0.15, 0.2) is 47.5 Å². The summed E-state index contributed by atoms with van der Waals surface area (Å²) in [5, 5.41) is 14.2. The van der Waals surface area contributed by atoms with Crippen LogP contribution in [0.4, 0.5) is 26.3 Å². The Hall–Kier alpha value is -3.33. The maximum absolute atomic E-state index is 10.6. The number of piperidine rings is 1. The van der Waals surface area contributed by atoms with Crippen molar-refractivity contribution >= 4 is 11.9 Å². The minimum absolute atomic E-state index is 0.0656. The van der Waals surface area contributed by atoms with Crippen LogP contribution in [0.2, 0.25) is 0 Å². The average Bonchev–Trinajstić information content (AvgIpc) is 3.36. The molecule has 9 nitrogen and oxygen atoms in total. The number of aromatic nitrogens is 1. The molecule has 2 aliphatic rings. The fourth-order valence-corrected chi connectivity index (χ4v) is 4.03. The lowest BCUT2D eigenvalue weighted by atomic mass is 9.73. The second-order valence-electron chi connectivity index (χ2n) is 8.54. The lowest BCUT2D eigenvalue weighted by Crippen LogP contribution is -2.57. The number of furan rings is 1. The van der Waals surface area contributed by atoms with Crippen molar-refractivity contribution in [2.45, 2.75) is 44.3 Å². The molecule has 0 aliphatic carbocycles. The van der Waals surface area contributed by atoms with E-state index in [1.165, 1.54) is 5.56 Å². The number of ether oxygens (including phenoxy) is 2. The first kappa shape index (κ1) is 30.9. The number of carboxylic acids is 2. The molecule has 2 aliphatic heterocycles. The number of carbonyl (C=O) groups is 2. The van der Waals surface area contributed by atoms with Crippen molar-refractivity contribution in [1.29, 1.82) is 0 Å². The molecular formula is C23H26F6N2O7. The van der Waals surface area contributed by atoms with Gasteiger partial charge in [0.05, 0.1) is 31.4 Å². The highest BCUT2D eigenvalue weighted by molar-refractivity contribution is 5.73. The minimum atomic E-state index is -5.08. The summed E-state index contributed by atoms with van der Waals surface area (Å²) in [4.78, 5) is 24.4. The number of hydrogen-bond acceptors (Lipinski definition) is 7. The second kappa shape index (κ2) is 13.5. The van der Waals surface area contributed by atoms with E-state index in [2.05, 4.69) is 9.88 Å². The molecule has 2 saturated heterocycles. The first-order valence-electron chi connectivity index (χ1n) is 11.2. The Bertz CT molecular complexity index is 978. The van der Waals surface area contributed by atoms with Gasteiger partial charge in [-0.25, -0.2) is 9.59 Å². The number of aliphatic carboxylic acids is 2. The molecule has 2 aromatic rings.